The Hall–Kier alpha value is -2.28. The molecule has 1 N–H and O–H groups in total. The van der Waals surface area contributed by atoms with Gasteiger partial charge < -0.3 is 5.32 Å². The normalized spacial score (nSPS) is 12.0. The fourth-order valence-corrected chi connectivity index (χ4v) is 2.80. The highest BCUT2D eigenvalue weighted by Crippen LogP contribution is 2.27. The third-order valence-electron chi connectivity index (χ3n) is 3.91. The number of nitriles is 1. The van der Waals surface area contributed by atoms with Gasteiger partial charge in [-0.15, -0.1) is 0 Å². The van der Waals surface area contributed by atoms with Crippen LogP contribution in [0.1, 0.15) is 48.0 Å². The number of rotatable bonds is 4. The minimum atomic E-state index is 0.151. The van der Waals surface area contributed by atoms with Crippen LogP contribution in [0.15, 0.2) is 18.2 Å². The van der Waals surface area contributed by atoms with Crippen molar-refractivity contribution in [1.29, 1.82) is 5.26 Å². The van der Waals surface area contributed by atoms with Gasteiger partial charge in [-0.25, -0.2) is 0 Å². The molecule has 2 rings (SSSR count). The SMILES string of the molecule is CCn1nc(C)c(C(C)Nc2cc(C#N)ccc2C)c1C. The third-order valence-corrected chi connectivity index (χ3v) is 3.91. The van der Waals surface area contributed by atoms with Crippen LogP contribution in [0.2, 0.25) is 0 Å². The molecule has 0 aliphatic carbocycles. The lowest BCUT2D eigenvalue weighted by molar-refractivity contribution is 0.632. The molecule has 2 aromatic rings. The molecule has 1 heterocycles. The van der Waals surface area contributed by atoms with E-state index in [-0.39, 0.29) is 6.04 Å². The number of anilines is 1. The Balaban J connectivity index is 2.32. The molecular formula is C17H22N4. The lowest BCUT2D eigenvalue weighted by Crippen LogP contribution is -2.10. The molecule has 110 valence electrons. The summed E-state index contributed by atoms with van der Waals surface area (Å²) in [6.45, 7) is 11.3. The zero-order valence-corrected chi connectivity index (χ0v) is 13.4. The first-order valence-electron chi connectivity index (χ1n) is 7.29. The average Bonchev–Trinajstić information content (AvgIpc) is 2.75. The Morgan fingerprint density at radius 2 is 2.05 bits per heavy atom. The Kier molecular flexibility index (Phi) is 4.32. The standard InChI is InChI=1S/C17H22N4/c1-6-21-14(5)17(13(4)20-21)12(3)19-16-9-15(10-18)8-7-11(16)2/h7-9,12,19H,6H2,1-5H3. The lowest BCUT2D eigenvalue weighted by Gasteiger charge is -2.18. The van der Waals surface area contributed by atoms with Crippen LogP contribution in [-0.2, 0) is 6.54 Å². The van der Waals surface area contributed by atoms with Crippen molar-refractivity contribution in [3.63, 3.8) is 0 Å². The van der Waals surface area contributed by atoms with Gasteiger partial charge in [0.25, 0.3) is 0 Å². The van der Waals surface area contributed by atoms with Crippen molar-refractivity contribution in [1.82, 2.24) is 9.78 Å². The summed E-state index contributed by atoms with van der Waals surface area (Å²) in [6.07, 6.45) is 0. The molecule has 1 unspecified atom stereocenters. The van der Waals surface area contributed by atoms with Crippen molar-refractivity contribution < 1.29 is 0 Å². The number of benzene rings is 1. The summed E-state index contributed by atoms with van der Waals surface area (Å²) in [7, 11) is 0. The van der Waals surface area contributed by atoms with Gasteiger partial charge in [-0.05, 0) is 52.3 Å². The number of hydrogen-bond acceptors (Lipinski definition) is 3. The first-order chi connectivity index (χ1) is 9.97. The maximum atomic E-state index is 9.04. The Bertz CT molecular complexity index is 692. The van der Waals surface area contributed by atoms with Gasteiger partial charge in [0.15, 0.2) is 0 Å². The van der Waals surface area contributed by atoms with Crippen molar-refractivity contribution >= 4 is 5.69 Å². The van der Waals surface area contributed by atoms with Crippen LogP contribution in [-0.4, -0.2) is 9.78 Å². The Morgan fingerprint density at radius 1 is 1.33 bits per heavy atom. The highest BCUT2D eigenvalue weighted by molar-refractivity contribution is 5.56. The Labute approximate surface area is 126 Å². The molecule has 1 aromatic carbocycles. The monoisotopic (exact) mass is 282 g/mol. The number of nitrogens with one attached hydrogen (secondary N) is 1. The van der Waals surface area contributed by atoms with Crippen molar-refractivity contribution in [2.45, 2.75) is 47.2 Å². The molecule has 4 heteroatoms. The van der Waals surface area contributed by atoms with Gasteiger partial charge in [0.05, 0.1) is 23.4 Å². The Morgan fingerprint density at radius 3 is 2.62 bits per heavy atom. The predicted octanol–water partition coefficient (Wildman–Crippen LogP) is 3.87. The molecule has 1 aromatic heterocycles. The fourth-order valence-electron chi connectivity index (χ4n) is 2.80. The second-order valence-corrected chi connectivity index (χ2v) is 5.41. The summed E-state index contributed by atoms with van der Waals surface area (Å²) in [6, 6.07) is 8.06. The van der Waals surface area contributed by atoms with Gasteiger partial charge in [-0.3, -0.25) is 4.68 Å². The molecule has 0 radical (unpaired) electrons. The molecule has 0 aliphatic rings. The van der Waals surface area contributed by atoms with Crippen molar-refractivity contribution in [2.24, 2.45) is 0 Å². The van der Waals surface area contributed by atoms with Gasteiger partial charge in [0.1, 0.15) is 0 Å². The van der Waals surface area contributed by atoms with Gasteiger partial charge in [0, 0.05) is 23.5 Å². The molecule has 0 fully saturated rings. The maximum Gasteiger partial charge on any atom is 0.0992 e. The first-order valence-corrected chi connectivity index (χ1v) is 7.29. The molecule has 4 nitrogen and oxygen atoms in total. The molecule has 0 saturated carbocycles. The van der Waals surface area contributed by atoms with E-state index in [0.29, 0.717) is 5.56 Å². The molecular weight excluding hydrogens is 260 g/mol. The van der Waals surface area contributed by atoms with E-state index in [4.69, 9.17) is 5.26 Å². The minimum absolute atomic E-state index is 0.151. The van der Waals surface area contributed by atoms with E-state index < -0.39 is 0 Å². The van der Waals surface area contributed by atoms with E-state index in [1.54, 1.807) is 0 Å². The van der Waals surface area contributed by atoms with Crippen LogP contribution >= 0.6 is 0 Å². The van der Waals surface area contributed by atoms with E-state index in [9.17, 15) is 0 Å². The molecule has 21 heavy (non-hydrogen) atoms. The van der Waals surface area contributed by atoms with Gasteiger partial charge in [-0.2, -0.15) is 10.4 Å². The zero-order valence-electron chi connectivity index (χ0n) is 13.4. The van der Waals surface area contributed by atoms with Crippen molar-refractivity contribution in [3.8, 4) is 6.07 Å². The summed E-state index contributed by atoms with van der Waals surface area (Å²) in [5.74, 6) is 0. The highest BCUT2D eigenvalue weighted by Gasteiger charge is 2.17. The van der Waals surface area contributed by atoms with E-state index in [1.165, 1.54) is 11.3 Å². The molecule has 0 spiro atoms. The summed E-state index contributed by atoms with van der Waals surface area (Å²) < 4.78 is 2.03. The van der Waals surface area contributed by atoms with Crippen LogP contribution in [0.3, 0.4) is 0 Å². The zero-order chi connectivity index (χ0) is 15.6. The fraction of sp³-hybridized carbons (Fsp3) is 0.412. The molecule has 0 aliphatic heterocycles. The van der Waals surface area contributed by atoms with E-state index in [2.05, 4.69) is 37.3 Å². The largest absolute Gasteiger partial charge is 0.378 e. The number of aromatic nitrogens is 2. The van der Waals surface area contributed by atoms with Gasteiger partial charge in [0.2, 0.25) is 0 Å². The van der Waals surface area contributed by atoms with Crippen molar-refractivity contribution in [3.05, 3.63) is 46.3 Å². The van der Waals surface area contributed by atoms with Crippen LogP contribution < -0.4 is 5.32 Å². The average molecular weight is 282 g/mol. The van der Waals surface area contributed by atoms with E-state index in [0.717, 1.165) is 23.5 Å². The van der Waals surface area contributed by atoms with Crippen LogP contribution in [0.25, 0.3) is 0 Å². The lowest BCUT2D eigenvalue weighted by atomic mass is 10.0. The topological polar surface area (TPSA) is 53.6 Å². The quantitative estimate of drug-likeness (QED) is 0.926. The van der Waals surface area contributed by atoms with Gasteiger partial charge in [-0.1, -0.05) is 6.07 Å². The number of hydrogen-bond donors (Lipinski definition) is 1. The summed E-state index contributed by atoms with van der Waals surface area (Å²) in [4.78, 5) is 0. The number of aryl methyl sites for hydroxylation is 3. The molecule has 0 amide bonds. The van der Waals surface area contributed by atoms with E-state index >= 15 is 0 Å². The first kappa shape index (κ1) is 15.1. The molecule has 0 saturated heterocycles. The maximum absolute atomic E-state index is 9.04. The summed E-state index contributed by atoms with van der Waals surface area (Å²) in [5.41, 5.74) is 6.31. The smallest absolute Gasteiger partial charge is 0.0992 e. The third kappa shape index (κ3) is 2.92. The van der Waals surface area contributed by atoms with Gasteiger partial charge >= 0.3 is 0 Å². The van der Waals surface area contributed by atoms with Crippen LogP contribution in [0.4, 0.5) is 5.69 Å². The second-order valence-electron chi connectivity index (χ2n) is 5.41. The van der Waals surface area contributed by atoms with Crippen LogP contribution in [0.5, 0.6) is 0 Å². The number of nitrogens with zero attached hydrogens (tertiary/aromatic N) is 3. The summed E-state index contributed by atoms with van der Waals surface area (Å²) in [5, 5.41) is 17.1. The second kappa shape index (κ2) is 6.01. The highest BCUT2D eigenvalue weighted by atomic mass is 15.3. The summed E-state index contributed by atoms with van der Waals surface area (Å²) >= 11 is 0. The predicted molar refractivity (Wildman–Crippen MR) is 85.3 cm³/mol. The molecule has 1 atom stereocenters. The van der Waals surface area contributed by atoms with Crippen LogP contribution in [0, 0.1) is 32.1 Å². The minimum Gasteiger partial charge on any atom is -0.378 e. The van der Waals surface area contributed by atoms with E-state index in [1.807, 2.05) is 36.7 Å². The molecule has 0 bridgehead atoms. The van der Waals surface area contributed by atoms with Crippen molar-refractivity contribution in [2.75, 3.05) is 5.32 Å².